The molecule has 4 rings (SSSR count). The highest BCUT2D eigenvalue weighted by Crippen LogP contribution is 2.68. The summed E-state index contributed by atoms with van der Waals surface area (Å²) >= 11 is 0. The van der Waals surface area contributed by atoms with Gasteiger partial charge in [-0.1, -0.05) is 20.8 Å². The van der Waals surface area contributed by atoms with Gasteiger partial charge in [0.05, 0.1) is 6.10 Å². The van der Waals surface area contributed by atoms with E-state index in [0.717, 1.165) is 65.0 Å². The van der Waals surface area contributed by atoms with Gasteiger partial charge in [0.15, 0.2) is 0 Å². The molecule has 250 valence electrons. The minimum absolute atomic E-state index is 0.157. The quantitative estimate of drug-likeness (QED) is 0.160. The SMILES string of the molecule is CC(C)NC(=O)CC[C@@H](C)C1CCC2C3C(CC[C@@]21C)[C@@]1(C)CC[C@H](NCCCN(CCCN)CCCN)CC1C[C@@H]3O. The fraction of sp³-hybridized carbons (Fsp3) is 0.972. The van der Waals surface area contributed by atoms with Gasteiger partial charge in [0, 0.05) is 18.5 Å². The average Bonchev–Trinajstić information content (AvgIpc) is 3.32. The molecular weight excluding hydrogens is 534 g/mol. The highest BCUT2D eigenvalue weighted by Gasteiger charge is 2.62. The molecule has 0 aliphatic heterocycles. The standard InChI is InChI=1S/C36H69N5O2/c1-25(2)40-33(43)12-9-26(3)29-10-11-30-34-31(14-16-36(29,30)5)35(4)15-13-28(23-27(35)24-32(34)42)39-19-8-22-41(20-6-17-37)21-7-18-38/h25-32,34,39,42H,6-24,37-38H2,1-5H3,(H,40,43)/t26-,27?,28+,29?,30?,31?,32+,34?,35+,36-/m1/s1. The molecule has 0 aromatic rings. The van der Waals surface area contributed by atoms with E-state index in [2.05, 4.69) is 36.3 Å². The van der Waals surface area contributed by atoms with Gasteiger partial charge in [0.1, 0.15) is 0 Å². The molecule has 0 aromatic heterocycles. The second-order valence-corrected chi connectivity index (χ2v) is 16.2. The second kappa shape index (κ2) is 15.7. The van der Waals surface area contributed by atoms with Crippen molar-refractivity contribution >= 4 is 5.91 Å². The first-order valence-corrected chi connectivity index (χ1v) is 18.4. The molecule has 0 heterocycles. The van der Waals surface area contributed by atoms with Crippen LogP contribution in [0.25, 0.3) is 0 Å². The van der Waals surface area contributed by atoms with E-state index in [1.165, 1.54) is 51.4 Å². The predicted molar refractivity (Wildman–Crippen MR) is 178 cm³/mol. The Hall–Kier alpha value is -0.730. The van der Waals surface area contributed by atoms with Gasteiger partial charge in [-0.3, -0.25) is 4.79 Å². The van der Waals surface area contributed by atoms with Crippen LogP contribution in [0.1, 0.15) is 118 Å². The van der Waals surface area contributed by atoms with E-state index in [9.17, 15) is 9.90 Å². The zero-order valence-electron chi connectivity index (χ0n) is 28.6. The van der Waals surface area contributed by atoms with Crippen molar-refractivity contribution in [2.75, 3.05) is 39.3 Å². The number of aliphatic hydroxyl groups is 1. The van der Waals surface area contributed by atoms with Crippen LogP contribution >= 0.6 is 0 Å². The Balaban J connectivity index is 1.30. The number of amides is 1. The molecule has 4 saturated carbocycles. The first kappa shape index (κ1) is 35.1. The lowest BCUT2D eigenvalue weighted by Crippen LogP contribution is -2.59. The van der Waals surface area contributed by atoms with E-state index in [0.29, 0.717) is 58.8 Å². The van der Waals surface area contributed by atoms with E-state index < -0.39 is 0 Å². The van der Waals surface area contributed by atoms with Crippen LogP contribution in [0.15, 0.2) is 0 Å². The van der Waals surface area contributed by atoms with Gasteiger partial charge in [0.25, 0.3) is 0 Å². The van der Waals surface area contributed by atoms with E-state index in [-0.39, 0.29) is 18.1 Å². The molecule has 0 radical (unpaired) electrons. The Kier molecular flexibility index (Phi) is 12.8. The number of carbonyl (C=O) groups is 1. The molecule has 4 fully saturated rings. The van der Waals surface area contributed by atoms with Gasteiger partial charge < -0.3 is 32.1 Å². The Morgan fingerprint density at radius 2 is 1.56 bits per heavy atom. The van der Waals surface area contributed by atoms with Crippen LogP contribution in [-0.2, 0) is 4.79 Å². The summed E-state index contributed by atoms with van der Waals surface area (Å²) in [4.78, 5) is 14.9. The number of nitrogens with one attached hydrogen (secondary N) is 2. The summed E-state index contributed by atoms with van der Waals surface area (Å²) in [6.45, 7) is 17.5. The molecule has 10 atom stereocenters. The maximum Gasteiger partial charge on any atom is 0.220 e. The summed E-state index contributed by atoms with van der Waals surface area (Å²) in [5, 5.41) is 18.8. The molecule has 7 N–H and O–H groups in total. The third-order valence-electron chi connectivity index (χ3n) is 13.2. The normalized spacial score (nSPS) is 38.0. The Morgan fingerprint density at radius 1 is 0.907 bits per heavy atom. The van der Waals surface area contributed by atoms with Crippen LogP contribution in [0.5, 0.6) is 0 Å². The molecule has 43 heavy (non-hydrogen) atoms. The number of nitrogens with zero attached hydrogens (tertiary/aromatic N) is 1. The summed E-state index contributed by atoms with van der Waals surface area (Å²) in [5.41, 5.74) is 12.2. The number of fused-ring (bicyclic) bond motifs is 5. The Morgan fingerprint density at radius 3 is 2.23 bits per heavy atom. The van der Waals surface area contributed by atoms with E-state index in [4.69, 9.17) is 11.5 Å². The van der Waals surface area contributed by atoms with Crippen molar-refractivity contribution in [1.29, 1.82) is 0 Å². The average molecular weight is 604 g/mol. The number of rotatable bonds is 16. The van der Waals surface area contributed by atoms with Crippen molar-refractivity contribution < 1.29 is 9.90 Å². The summed E-state index contributed by atoms with van der Waals surface area (Å²) in [6.07, 6.45) is 14.6. The van der Waals surface area contributed by atoms with Crippen molar-refractivity contribution in [1.82, 2.24) is 15.5 Å². The zero-order chi connectivity index (χ0) is 31.2. The van der Waals surface area contributed by atoms with Crippen molar-refractivity contribution in [2.24, 2.45) is 57.8 Å². The summed E-state index contributed by atoms with van der Waals surface area (Å²) in [7, 11) is 0. The summed E-state index contributed by atoms with van der Waals surface area (Å²) < 4.78 is 0. The van der Waals surface area contributed by atoms with Gasteiger partial charge in [-0.05, 0) is 177 Å². The monoisotopic (exact) mass is 604 g/mol. The van der Waals surface area contributed by atoms with Gasteiger partial charge in [-0.15, -0.1) is 0 Å². The highest BCUT2D eigenvalue weighted by molar-refractivity contribution is 5.76. The molecular formula is C36H69N5O2. The van der Waals surface area contributed by atoms with Crippen molar-refractivity contribution in [3.8, 4) is 0 Å². The van der Waals surface area contributed by atoms with Gasteiger partial charge in [0.2, 0.25) is 5.91 Å². The van der Waals surface area contributed by atoms with Crippen LogP contribution in [0.3, 0.4) is 0 Å². The third-order valence-corrected chi connectivity index (χ3v) is 13.2. The number of hydrogen-bond acceptors (Lipinski definition) is 6. The maximum atomic E-state index is 12.4. The van der Waals surface area contributed by atoms with Crippen molar-refractivity contribution in [2.45, 2.75) is 136 Å². The van der Waals surface area contributed by atoms with Crippen LogP contribution in [0.4, 0.5) is 0 Å². The molecule has 0 saturated heterocycles. The first-order valence-electron chi connectivity index (χ1n) is 18.4. The topological polar surface area (TPSA) is 117 Å². The van der Waals surface area contributed by atoms with Gasteiger partial charge >= 0.3 is 0 Å². The fourth-order valence-corrected chi connectivity index (χ4v) is 10.9. The lowest BCUT2D eigenvalue weighted by molar-refractivity contribution is -0.167. The van der Waals surface area contributed by atoms with E-state index >= 15 is 0 Å². The van der Waals surface area contributed by atoms with Crippen LogP contribution in [-0.4, -0.2) is 73.4 Å². The first-order chi connectivity index (χ1) is 20.5. The predicted octanol–water partition coefficient (Wildman–Crippen LogP) is 4.90. The summed E-state index contributed by atoms with van der Waals surface area (Å²) in [5.74, 6) is 3.80. The van der Waals surface area contributed by atoms with E-state index in [1.807, 2.05) is 13.8 Å². The third kappa shape index (κ3) is 8.17. The fourth-order valence-electron chi connectivity index (χ4n) is 10.9. The second-order valence-electron chi connectivity index (χ2n) is 16.2. The zero-order valence-corrected chi connectivity index (χ0v) is 28.6. The van der Waals surface area contributed by atoms with Crippen LogP contribution in [0, 0.1) is 46.3 Å². The number of carbonyl (C=O) groups excluding carboxylic acids is 1. The molecule has 7 nitrogen and oxygen atoms in total. The number of aliphatic hydroxyl groups excluding tert-OH is 1. The largest absolute Gasteiger partial charge is 0.393 e. The van der Waals surface area contributed by atoms with Gasteiger partial charge in [-0.2, -0.15) is 0 Å². The molecule has 0 aromatic carbocycles. The smallest absolute Gasteiger partial charge is 0.220 e. The molecule has 0 spiro atoms. The highest BCUT2D eigenvalue weighted by atomic mass is 16.3. The van der Waals surface area contributed by atoms with Crippen molar-refractivity contribution in [3.63, 3.8) is 0 Å². The molecule has 4 aliphatic rings. The minimum atomic E-state index is -0.157. The summed E-state index contributed by atoms with van der Waals surface area (Å²) in [6, 6.07) is 0.797. The Labute approximate surface area is 264 Å². The van der Waals surface area contributed by atoms with Crippen LogP contribution < -0.4 is 22.1 Å². The van der Waals surface area contributed by atoms with Crippen molar-refractivity contribution in [3.05, 3.63) is 0 Å². The van der Waals surface area contributed by atoms with Gasteiger partial charge in [-0.25, -0.2) is 0 Å². The maximum absolute atomic E-state index is 12.4. The number of nitrogens with two attached hydrogens (primary N) is 2. The van der Waals surface area contributed by atoms with E-state index in [1.54, 1.807) is 0 Å². The molecule has 1 amide bonds. The lowest BCUT2D eigenvalue weighted by atomic mass is 9.43. The van der Waals surface area contributed by atoms with Crippen LogP contribution in [0.2, 0.25) is 0 Å². The molecule has 7 heteroatoms. The lowest BCUT2D eigenvalue weighted by Gasteiger charge is -2.62. The molecule has 5 unspecified atom stereocenters. The molecule has 4 aliphatic carbocycles. The molecule has 0 bridgehead atoms. The number of hydrogen-bond donors (Lipinski definition) is 5. The Bertz CT molecular complexity index is 863. The minimum Gasteiger partial charge on any atom is -0.393 e.